The van der Waals surface area contributed by atoms with Crippen molar-refractivity contribution in [3.05, 3.63) is 48.5 Å². The molecule has 4 fully saturated rings. The lowest BCUT2D eigenvalue weighted by Crippen LogP contribution is -2.66. The van der Waals surface area contributed by atoms with Crippen LogP contribution < -0.4 is 10.6 Å². The number of amides is 2. The fourth-order valence-corrected chi connectivity index (χ4v) is 18.5. The highest BCUT2D eigenvalue weighted by atomic mass is 32.3. The van der Waals surface area contributed by atoms with Gasteiger partial charge in [0.2, 0.25) is 0 Å². The first-order chi connectivity index (χ1) is 53.0. The Hall–Kier alpha value is -3.65. The number of nitrogens with one attached hydrogen (secondary N) is 2. The zero-order valence-electron chi connectivity index (χ0n) is 55.3. The Morgan fingerprint density at radius 3 is 0.678 bits per heavy atom. The minimum atomic E-state index is -6.32. The van der Waals surface area contributed by atoms with E-state index in [4.69, 9.17) is 28.4 Å². The smallest absolute Gasteiger partial charge is 0.356 e. The molecular weight excluding hydrogens is 1990 g/mol. The fourth-order valence-electron chi connectivity index (χ4n) is 9.99. The van der Waals surface area contributed by atoms with Gasteiger partial charge in [-0.3, -0.25) is 63.7 Å². The molecule has 4 heterocycles. The van der Waals surface area contributed by atoms with E-state index in [-0.39, 0.29) is 44.7 Å². The Bertz CT molecular complexity index is 5260. The maximum Gasteiger partial charge on any atom is 0.397 e. The number of rotatable bonds is 42. The topological polar surface area (TPSA) is 987 Å². The van der Waals surface area contributed by atoms with Gasteiger partial charge in [0.15, 0.2) is 24.8 Å². The lowest BCUT2D eigenvalue weighted by molar-refractivity contribution is -0.325. The Morgan fingerprint density at radius 2 is 0.458 bits per heavy atom. The summed E-state index contributed by atoms with van der Waals surface area (Å²) in [5, 5.41) is 4.45. The maximum atomic E-state index is 13.4. The number of hydrogen-bond donors (Lipinski definition) is 16. The van der Waals surface area contributed by atoms with Crippen LogP contribution in [0.25, 0.3) is 0 Å². The largest absolute Gasteiger partial charge is 0.397 e. The maximum absolute atomic E-state index is 13.4. The molecule has 6 rings (SSSR count). The summed E-state index contributed by atoms with van der Waals surface area (Å²) in [7, 11) is -85.8. The lowest BCUT2D eigenvalue weighted by Gasteiger charge is -2.48. The quantitative estimate of drug-likeness (QED) is 0.0275. The summed E-state index contributed by atoms with van der Waals surface area (Å²) in [5.41, 5.74) is -5.60. The summed E-state index contributed by atoms with van der Waals surface area (Å²) in [5.74, 6) is 0. The molecule has 0 saturated carbocycles. The minimum absolute atomic E-state index is 0.0489. The van der Waals surface area contributed by atoms with Crippen LogP contribution in [0.2, 0.25) is 0 Å². The van der Waals surface area contributed by atoms with Crippen molar-refractivity contribution in [2.75, 3.05) is 37.1 Å². The summed E-state index contributed by atoms with van der Waals surface area (Å²) >= 11 is 0.0979. The van der Waals surface area contributed by atoms with Gasteiger partial charge in [0.05, 0.1) is 26.4 Å². The first-order valence-electron chi connectivity index (χ1n) is 28.6. The van der Waals surface area contributed by atoms with Gasteiger partial charge >= 0.3 is 152 Å². The molecule has 0 spiro atoms. The van der Waals surface area contributed by atoms with E-state index in [1.807, 2.05) is 0 Å². The zero-order valence-corrected chi connectivity index (χ0v) is 68.4. The molecule has 0 aliphatic carbocycles. The number of anilines is 2. The fraction of sp³-hybridized carbons (Fsp3) is 0.649. The predicted octanol–water partition coefficient (Wildman–Crippen LogP) is -7.66. The average Bonchev–Trinajstić information content (AvgIpc) is 0.758. The molecule has 4 saturated heterocycles. The molecule has 2 aromatic rings. The molecule has 0 bridgehead atoms. The van der Waals surface area contributed by atoms with E-state index in [0.717, 1.165) is 48.5 Å². The molecule has 2 aromatic carbocycles. The zero-order chi connectivity index (χ0) is 89.9. The van der Waals surface area contributed by atoms with Crippen LogP contribution in [0.3, 0.4) is 0 Å². The van der Waals surface area contributed by atoms with Crippen LogP contribution in [0.15, 0.2) is 58.3 Å². The van der Waals surface area contributed by atoms with Crippen molar-refractivity contribution in [3.8, 4) is 0 Å². The molecule has 2 amide bonds. The molecule has 4 aliphatic heterocycles. The monoisotopic (exact) mass is 2040 g/mol. The van der Waals surface area contributed by atoms with Crippen LogP contribution in [0.5, 0.6) is 0 Å². The van der Waals surface area contributed by atoms with Gasteiger partial charge in [-0.25, -0.2) is 63.4 Å². The van der Waals surface area contributed by atoms with Crippen molar-refractivity contribution in [1.29, 1.82) is 0 Å². The summed E-state index contributed by atoms with van der Waals surface area (Å²) in [6.07, 6.45) is -57.2. The molecular formula is C37H52N2O63S16. The van der Waals surface area contributed by atoms with E-state index in [1.54, 1.807) is 0 Å². The molecule has 65 nitrogen and oxygen atoms in total. The highest BCUT2D eigenvalue weighted by Gasteiger charge is 2.62. The van der Waals surface area contributed by atoms with Crippen molar-refractivity contribution >= 4 is 187 Å². The molecule has 684 valence electrons. The molecule has 4 aliphatic rings. The van der Waals surface area contributed by atoms with Crippen molar-refractivity contribution in [1.82, 2.24) is 0 Å². The van der Waals surface area contributed by atoms with Crippen LogP contribution >= 0.6 is 23.5 Å². The normalized spacial score (nSPS) is 29.3. The third-order valence-corrected chi connectivity index (χ3v) is 22.2. The van der Waals surface area contributed by atoms with Crippen molar-refractivity contribution in [2.45, 2.75) is 131 Å². The molecule has 0 aromatic heterocycles. The second kappa shape index (κ2) is 39.1. The summed E-state index contributed by atoms with van der Waals surface area (Å²) in [6.45, 7) is -7.74. The number of urea groups is 1. The van der Waals surface area contributed by atoms with Crippen LogP contribution in [0.4, 0.5) is 16.2 Å². The van der Waals surface area contributed by atoms with E-state index in [2.05, 4.69) is 69.2 Å². The van der Waals surface area contributed by atoms with Crippen LogP contribution in [0, 0.1) is 0 Å². The third kappa shape index (κ3) is 36.9. The van der Waals surface area contributed by atoms with Crippen molar-refractivity contribution < 1.29 is 273 Å². The van der Waals surface area contributed by atoms with E-state index in [0.29, 0.717) is 0 Å². The number of thioether (sulfide) groups is 2. The average molecular weight is 2050 g/mol. The molecule has 16 N–H and O–H groups in total. The van der Waals surface area contributed by atoms with Gasteiger partial charge < -0.3 is 39.1 Å². The van der Waals surface area contributed by atoms with Gasteiger partial charge in [-0.1, -0.05) is 23.5 Å². The predicted molar refractivity (Wildman–Crippen MR) is 356 cm³/mol. The minimum Gasteiger partial charge on any atom is -0.356 e. The van der Waals surface area contributed by atoms with Gasteiger partial charge in [-0.15, -0.1) is 0 Å². The molecule has 0 unspecified atom stereocenters. The SMILES string of the molecule is O=C(Nc1ccc(S[C@@H]2O[C@H](COS(=O)(=O)O)[C@@H](O[C@@H]3O[C@H](COS(=O)(=O)O)[C@@H](OS(=O)(=O)O)[C@H](OS(=O)(=O)O)[C@H]3OS(=O)(=O)O)[C@H](OS(=O)(=O)O)[C@H]2OS(=O)(=O)O)cc1)Nc1ccc(S[C@@H]2O[C@H](COS(=O)(=O)O)[C@@H](O[C@@H]3O[C@H](COS(=O)(=O)O)[C@@H](OS(=O)(=O)O)[C@H](OS(=O)(=O)O)[C@H]3OS(=O)(=O)O)[C@H](OS(=O)(=O)O)[C@H]2OS(=O)(=O)O)cc1. The van der Waals surface area contributed by atoms with Gasteiger partial charge in [0, 0.05) is 21.2 Å². The second-order valence-corrected chi connectivity index (χ2v) is 39.2. The first kappa shape index (κ1) is 103. The van der Waals surface area contributed by atoms with E-state index in [1.165, 1.54) is 0 Å². The number of ether oxygens (including phenoxy) is 6. The Kier molecular flexibility index (Phi) is 34.2. The number of carbonyl (C=O) groups is 1. The number of carbonyl (C=O) groups excluding carboxylic acids is 1. The highest BCUT2D eigenvalue weighted by Crippen LogP contribution is 2.44. The number of hydrogen-bond acceptors (Lipinski definition) is 51. The van der Waals surface area contributed by atoms with Crippen LogP contribution in [0.1, 0.15) is 0 Å². The van der Waals surface area contributed by atoms with Gasteiger partial charge in [-0.05, 0) is 48.5 Å². The molecule has 0 radical (unpaired) electrons. The van der Waals surface area contributed by atoms with Crippen molar-refractivity contribution in [3.63, 3.8) is 0 Å². The van der Waals surface area contributed by atoms with Gasteiger partial charge in [0.1, 0.15) is 96.3 Å². The standard InChI is InChI=1S/C37H52N2O63S16/c40-37(38-13-1-5-15(6-2-13)103-35-31(101-117(77,78)79)25(95-111(59,60)61)21(17(89-35)9-83-105(41,42)43)91-33-29(99-115(71,72)73)27(97-113(65,66)67)23(93-109(53,54)55)19(87-33)11-85-107(47,48)49)39-14-3-7-16(8-4-14)104-36-32(102-118(80,81)82)26(96-112(62,63)64)22(18(90-36)10-84-106(44,45)46)92-34-30(100-116(74,75)76)28(98-114(68,69)70)24(94-110(56,57)58)20(88-34)12-86-108(50,51)52/h1-8,17-36H,9-12H2,(H2,38,39,40)(H,41,42,43)(H,44,45,46)(H,47,48,49)(H,50,51,52)(H,53,54,55)(H,56,57,58)(H,59,60,61)(H,62,63,64)(H,65,66,67)(H,68,69,70)(H,71,72,73)(H,74,75,76)(H,77,78,79)(H,80,81,82)/t17-,18-,19-,20-,21-,22-,23-,24-,25+,26+,27+,28+,29-,30-,31-,32-,33+,34+,35+,36+/m1/s1. The Labute approximate surface area is 671 Å². The summed E-state index contributed by atoms with van der Waals surface area (Å²) < 4.78 is 569. The van der Waals surface area contributed by atoms with E-state index in [9.17, 15) is 186 Å². The Morgan fingerprint density at radius 1 is 0.263 bits per heavy atom. The highest BCUT2D eigenvalue weighted by molar-refractivity contribution is 8.00. The van der Waals surface area contributed by atoms with Crippen molar-refractivity contribution in [2.24, 2.45) is 0 Å². The van der Waals surface area contributed by atoms with Gasteiger partial charge in [0.25, 0.3) is 0 Å². The van der Waals surface area contributed by atoms with Crippen LogP contribution in [-0.4, -0.2) is 335 Å². The third-order valence-electron chi connectivity index (χ3n) is 13.5. The summed E-state index contributed by atoms with van der Waals surface area (Å²) in [6, 6.07) is 6.13. The molecule has 81 heteroatoms. The second-order valence-electron chi connectivity index (χ2n) is 22.0. The van der Waals surface area contributed by atoms with Gasteiger partial charge in [-0.2, -0.15) is 118 Å². The Balaban J connectivity index is 1.33. The molecule has 20 atom stereocenters. The number of benzene rings is 2. The lowest BCUT2D eigenvalue weighted by atomic mass is 9.97. The van der Waals surface area contributed by atoms with E-state index < -0.39 is 299 Å². The summed E-state index contributed by atoms with van der Waals surface area (Å²) in [4.78, 5) is 12.7. The van der Waals surface area contributed by atoms with Crippen LogP contribution in [-0.2, 0) is 233 Å². The first-order valence-corrected chi connectivity index (χ1v) is 49.5. The molecule has 118 heavy (non-hydrogen) atoms. The van der Waals surface area contributed by atoms with E-state index >= 15 is 0 Å².